The molecule has 1 fully saturated rings. The molecule has 0 heterocycles. The minimum atomic E-state index is -3.88. The molecule has 8 nitrogen and oxygen atoms in total. The van der Waals surface area contributed by atoms with Crippen LogP contribution in [-0.4, -0.2) is 57.1 Å². The molecule has 196 valence electrons. The molecule has 36 heavy (non-hydrogen) atoms. The number of halogens is 1. The first kappa shape index (κ1) is 27.4. The van der Waals surface area contributed by atoms with Gasteiger partial charge < -0.3 is 15.0 Å². The lowest BCUT2D eigenvalue weighted by Gasteiger charge is -2.32. The van der Waals surface area contributed by atoms with Gasteiger partial charge in [0.15, 0.2) is 0 Å². The highest BCUT2D eigenvalue weighted by Crippen LogP contribution is 2.31. The highest BCUT2D eigenvalue weighted by Gasteiger charge is 2.32. The van der Waals surface area contributed by atoms with E-state index < -0.39 is 34.3 Å². The van der Waals surface area contributed by atoms with Crippen molar-refractivity contribution in [1.82, 2.24) is 10.2 Å². The molecular weight excluding hydrogens is 485 g/mol. The van der Waals surface area contributed by atoms with E-state index in [1.807, 2.05) is 6.92 Å². The minimum Gasteiger partial charge on any atom is -0.495 e. The fourth-order valence-corrected chi connectivity index (χ4v) is 5.20. The Balaban J connectivity index is 1.92. The molecule has 0 aromatic heterocycles. The predicted molar refractivity (Wildman–Crippen MR) is 137 cm³/mol. The van der Waals surface area contributed by atoms with Gasteiger partial charge in [0.05, 0.1) is 19.1 Å². The molecule has 2 aromatic carbocycles. The van der Waals surface area contributed by atoms with E-state index in [0.29, 0.717) is 11.3 Å². The standard InChI is InChI=1S/C26H34FN3O5S/c1-18-9-14-24(35-3)23(15-18)30(36(4,33)34)17-25(31)29(16-20-10-12-21(27)13-11-20)19(2)26(32)28-22-7-5-6-8-22/h9-15,19,22H,5-8,16-17H2,1-4H3,(H,28,32)/t19-/m0/s1. The summed E-state index contributed by atoms with van der Waals surface area (Å²) in [4.78, 5) is 28.0. The second-order valence-corrected chi connectivity index (χ2v) is 11.2. The van der Waals surface area contributed by atoms with Crippen LogP contribution in [0.25, 0.3) is 0 Å². The summed E-state index contributed by atoms with van der Waals surface area (Å²) in [6.07, 6.45) is 4.87. The van der Waals surface area contributed by atoms with Gasteiger partial charge in [-0.1, -0.05) is 31.0 Å². The Morgan fingerprint density at radius 3 is 2.36 bits per heavy atom. The number of carbonyl (C=O) groups is 2. The van der Waals surface area contributed by atoms with Gasteiger partial charge in [-0.05, 0) is 62.1 Å². The summed E-state index contributed by atoms with van der Waals surface area (Å²) in [6.45, 7) is 2.91. The Kier molecular flexibility index (Phi) is 8.94. The number of aryl methyl sites for hydroxylation is 1. The summed E-state index contributed by atoms with van der Waals surface area (Å²) in [5, 5.41) is 3.01. The van der Waals surface area contributed by atoms with Gasteiger partial charge in [-0.2, -0.15) is 0 Å². The molecule has 0 radical (unpaired) electrons. The third-order valence-corrected chi connectivity index (χ3v) is 7.54. The summed E-state index contributed by atoms with van der Waals surface area (Å²) in [7, 11) is -2.46. The van der Waals surface area contributed by atoms with E-state index >= 15 is 0 Å². The van der Waals surface area contributed by atoms with Crippen molar-refractivity contribution in [3.63, 3.8) is 0 Å². The summed E-state index contributed by atoms with van der Waals surface area (Å²) < 4.78 is 45.4. The number of amides is 2. The average Bonchev–Trinajstić information content (AvgIpc) is 3.33. The van der Waals surface area contributed by atoms with Gasteiger partial charge in [0, 0.05) is 12.6 Å². The van der Waals surface area contributed by atoms with Crippen molar-refractivity contribution in [2.75, 3.05) is 24.2 Å². The topological polar surface area (TPSA) is 96.0 Å². The molecule has 1 saturated carbocycles. The maximum atomic E-state index is 13.6. The molecule has 1 N–H and O–H groups in total. The fourth-order valence-electron chi connectivity index (χ4n) is 4.35. The van der Waals surface area contributed by atoms with E-state index in [1.165, 1.54) is 36.3 Å². The number of nitrogens with zero attached hydrogens (tertiary/aromatic N) is 2. The smallest absolute Gasteiger partial charge is 0.244 e. The number of hydrogen-bond donors (Lipinski definition) is 1. The van der Waals surface area contributed by atoms with Gasteiger partial charge in [0.1, 0.15) is 24.2 Å². The van der Waals surface area contributed by atoms with Gasteiger partial charge >= 0.3 is 0 Å². The molecule has 2 aromatic rings. The zero-order valence-corrected chi connectivity index (χ0v) is 22.0. The maximum Gasteiger partial charge on any atom is 0.244 e. The van der Waals surface area contributed by atoms with Gasteiger partial charge in [0.25, 0.3) is 0 Å². The third kappa shape index (κ3) is 6.96. The van der Waals surface area contributed by atoms with Crippen molar-refractivity contribution in [3.8, 4) is 5.75 Å². The number of ether oxygens (including phenoxy) is 1. The highest BCUT2D eigenvalue weighted by molar-refractivity contribution is 7.92. The van der Waals surface area contributed by atoms with Crippen LogP contribution >= 0.6 is 0 Å². The van der Waals surface area contributed by atoms with Crippen LogP contribution in [0.5, 0.6) is 5.75 Å². The monoisotopic (exact) mass is 519 g/mol. The van der Waals surface area contributed by atoms with Crippen molar-refractivity contribution in [2.24, 2.45) is 0 Å². The number of carbonyl (C=O) groups excluding carboxylic acids is 2. The molecule has 1 aliphatic carbocycles. The minimum absolute atomic E-state index is 0.0148. The predicted octanol–water partition coefficient (Wildman–Crippen LogP) is 3.38. The summed E-state index contributed by atoms with van der Waals surface area (Å²) in [6, 6.07) is 9.87. The largest absolute Gasteiger partial charge is 0.495 e. The van der Waals surface area contributed by atoms with Crippen molar-refractivity contribution in [1.29, 1.82) is 0 Å². The van der Waals surface area contributed by atoms with Crippen LogP contribution in [0.4, 0.5) is 10.1 Å². The molecule has 1 atom stereocenters. The van der Waals surface area contributed by atoms with Crippen LogP contribution in [0.3, 0.4) is 0 Å². The summed E-state index contributed by atoms with van der Waals surface area (Å²) in [5.41, 5.74) is 1.64. The van der Waals surface area contributed by atoms with E-state index in [4.69, 9.17) is 4.74 Å². The van der Waals surface area contributed by atoms with Gasteiger partial charge in [-0.15, -0.1) is 0 Å². The Labute approximate surface area is 212 Å². The molecule has 10 heteroatoms. The first-order valence-corrected chi connectivity index (χ1v) is 13.8. The number of hydrogen-bond acceptors (Lipinski definition) is 5. The second-order valence-electron chi connectivity index (χ2n) is 9.26. The molecule has 0 unspecified atom stereocenters. The fraction of sp³-hybridized carbons (Fsp3) is 0.462. The number of nitrogens with one attached hydrogen (secondary N) is 1. The molecule has 0 spiro atoms. The van der Waals surface area contributed by atoms with Crippen LogP contribution in [0.2, 0.25) is 0 Å². The molecule has 2 amide bonds. The average molecular weight is 520 g/mol. The van der Waals surface area contributed by atoms with Crippen LogP contribution in [0, 0.1) is 12.7 Å². The van der Waals surface area contributed by atoms with Crippen LogP contribution in [0.15, 0.2) is 42.5 Å². The SMILES string of the molecule is COc1ccc(C)cc1N(CC(=O)N(Cc1ccc(F)cc1)[C@@H](C)C(=O)NC1CCCC1)S(C)(=O)=O. The van der Waals surface area contributed by atoms with Gasteiger partial charge in [-0.3, -0.25) is 13.9 Å². The second kappa shape index (κ2) is 11.7. The van der Waals surface area contributed by atoms with Crippen LogP contribution in [0.1, 0.15) is 43.7 Å². The van der Waals surface area contributed by atoms with E-state index in [2.05, 4.69) is 5.32 Å². The first-order valence-electron chi connectivity index (χ1n) is 12.0. The van der Waals surface area contributed by atoms with Crippen molar-refractivity contribution in [2.45, 2.75) is 58.2 Å². The van der Waals surface area contributed by atoms with E-state index in [1.54, 1.807) is 25.1 Å². The number of benzene rings is 2. The van der Waals surface area contributed by atoms with E-state index in [-0.39, 0.29) is 24.2 Å². The third-order valence-electron chi connectivity index (χ3n) is 6.42. The molecule has 0 aliphatic heterocycles. The summed E-state index contributed by atoms with van der Waals surface area (Å²) >= 11 is 0. The lowest BCUT2D eigenvalue weighted by atomic mass is 10.1. The number of rotatable bonds is 10. The molecule has 0 saturated heterocycles. The molecule has 3 rings (SSSR count). The Morgan fingerprint density at radius 2 is 1.78 bits per heavy atom. The number of methoxy groups -OCH3 is 1. The van der Waals surface area contributed by atoms with Crippen LogP contribution < -0.4 is 14.4 Å². The van der Waals surface area contributed by atoms with E-state index in [0.717, 1.165) is 41.8 Å². The zero-order valence-electron chi connectivity index (χ0n) is 21.2. The maximum absolute atomic E-state index is 13.6. The Bertz CT molecular complexity index is 1180. The summed E-state index contributed by atoms with van der Waals surface area (Å²) in [5.74, 6) is -0.992. The molecular formula is C26H34FN3O5S. The zero-order chi connectivity index (χ0) is 26.5. The normalized spacial score (nSPS) is 14.8. The van der Waals surface area contributed by atoms with Crippen molar-refractivity contribution < 1.29 is 27.1 Å². The quantitative estimate of drug-likeness (QED) is 0.519. The lowest BCUT2D eigenvalue weighted by Crippen LogP contribution is -2.52. The van der Waals surface area contributed by atoms with E-state index in [9.17, 15) is 22.4 Å². The van der Waals surface area contributed by atoms with Crippen molar-refractivity contribution in [3.05, 3.63) is 59.4 Å². The number of anilines is 1. The molecule has 1 aliphatic rings. The molecule has 0 bridgehead atoms. The van der Waals surface area contributed by atoms with Gasteiger partial charge in [-0.25, -0.2) is 12.8 Å². The Morgan fingerprint density at radius 1 is 1.14 bits per heavy atom. The lowest BCUT2D eigenvalue weighted by molar-refractivity contribution is -0.139. The van der Waals surface area contributed by atoms with Crippen LogP contribution in [-0.2, 0) is 26.2 Å². The Hall–Kier alpha value is -3.14. The van der Waals surface area contributed by atoms with Gasteiger partial charge in [0.2, 0.25) is 21.8 Å². The first-order chi connectivity index (χ1) is 17.0. The highest BCUT2D eigenvalue weighted by atomic mass is 32.2. The number of sulfonamides is 1. The van der Waals surface area contributed by atoms with Crippen molar-refractivity contribution >= 4 is 27.5 Å².